The molecule has 2 aromatic heterocycles. The second-order valence-electron chi connectivity index (χ2n) is 7.29. The Morgan fingerprint density at radius 3 is 2.47 bits per heavy atom. The Hall–Kier alpha value is -3.51. The maximum atomic E-state index is 5.29. The molecule has 0 unspecified atom stereocenters. The molecule has 0 aliphatic rings. The van der Waals surface area contributed by atoms with Crippen LogP contribution in [0.5, 0.6) is 5.75 Å². The van der Waals surface area contributed by atoms with E-state index in [2.05, 4.69) is 41.4 Å². The fourth-order valence-corrected chi connectivity index (χ4v) is 3.45. The summed E-state index contributed by atoms with van der Waals surface area (Å²) in [7, 11) is 5.84. The Morgan fingerprint density at radius 1 is 0.967 bits per heavy atom. The number of pyridine rings is 1. The van der Waals surface area contributed by atoms with Crippen LogP contribution >= 0.6 is 0 Å². The van der Waals surface area contributed by atoms with E-state index < -0.39 is 0 Å². The first-order chi connectivity index (χ1) is 14.7. The van der Waals surface area contributed by atoms with Gasteiger partial charge < -0.3 is 15.0 Å². The van der Waals surface area contributed by atoms with Crippen molar-refractivity contribution in [2.75, 3.05) is 33.1 Å². The maximum Gasteiger partial charge on any atom is 0.163 e. The fourth-order valence-electron chi connectivity index (χ4n) is 3.45. The van der Waals surface area contributed by atoms with E-state index in [-0.39, 0.29) is 6.04 Å². The van der Waals surface area contributed by atoms with Gasteiger partial charge in [0, 0.05) is 29.9 Å². The van der Waals surface area contributed by atoms with E-state index >= 15 is 0 Å². The molecule has 6 heteroatoms. The third-order valence-electron chi connectivity index (χ3n) is 5.11. The van der Waals surface area contributed by atoms with Gasteiger partial charge in [-0.05, 0) is 56.1 Å². The van der Waals surface area contributed by atoms with E-state index in [0.29, 0.717) is 12.4 Å². The van der Waals surface area contributed by atoms with Gasteiger partial charge in [0.2, 0.25) is 0 Å². The van der Waals surface area contributed by atoms with Crippen molar-refractivity contribution in [3.05, 3.63) is 78.6 Å². The number of nitrogens with one attached hydrogen (secondary N) is 1. The first-order valence-electron chi connectivity index (χ1n) is 9.87. The molecule has 6 nitrogen and oxygen atoms in total. The zero-order valence-corrected chi connectivity index (χ0v) is 17.4. The lowest BCUT2D eigenvalue weighted by Crippen LogP contribution is -2.27. The normalized spacial score (nSPS) is 12.1. The van der Waals surface area contributed by atoms with Crippen LogP contribution in [0.15, 0.2) is 73.1 Å². The molecule has 2 heterocycles. The minimum atomic E-state index is 0.173. The smallest absolute Gasteiger partial charge is 0.163 e. The van der Waals surface area contributed by atoms with Crippen molar-refractivity contribution in [2.24, 2.45) is 0 Å². The summed E-state index contributed by atoms with van der Waals surface area (Å²) in [6.07, 6.45) is 3.54. The highest BCUT2D eigenvalue weighted by Crippen LogP contribution is 2.26. The summed E-state index contributed by atoms with van der Waals surface area (Å²) < 4.78 is 5.29. The molecule has 0 saturated heterocycles. The second-order valence-corrected chi connectivity index (χ2v) is 7.29. The Labute approximate surface area is 176 Å². The third-order valence-corrected chi connectivity index (χ3v) is 5.11. The minimum Gasteiger partial charge on any atom is -0.497 e. The molecule has 4 rings (SSSR count). The van der Waals surface area contributed by atoms with Crippen molar-refractivity contribution < 1.29 is 4.74 Å². The van der Waals surface area contributed by atoms with E-state index in [1.807, 2.05) is 48.5 Å². The van der Waals surface area contributed by atoms with Crippen LogP contribution in [0, 0.1) is 0 Å². The summed E-state index contributed by atoms with van der Waals surface area (Å²) in [6, 6.07) is 20.3. The van der Waals surface area contributed by atoms with Gasteiger partial charge in [0.05, 0.1) is 18.7 Å². The molecule has 0 radical (unpaired) electrons. The number of methoxy groups -OCH3 is 1. The summed E-state index contributed by atoms with van der Waals surface area (Å²) >= 11 is 0. The number of rotatable bonds is 7. The number of hydrogen-bond donors (Lipinski definition) is 1. The molecule has 0 aliphatic carbocycles. The molecular formula is C24H25N5O. The van der Waals surface area contributed by atoms with Crippen LogP contribution in [-0.4, -0.2) is 47.6 Å². The number of anilines is 1. The van der Waals surface area contributed by atoms with Crippen molar-refractivity contribution >= 4 is 16.7 Å². The average Bonchev–Trinajstić information content (AvgIpc) is 2.79. The van der Waals surface area contributed by atoms with Crippen LogP contribution in [-0.2, 0) is 0 Å². The molecule has 152 valence electrons. The highest BCUT2D eigenvalue weighted by molar-refractivity contribution is 5.90. The highest BCUT2D eigenvalue weighted by Gasteiger charge is 2.16. The van der Waals surface area contributed by atoms with Crippen LogP contribution in [0.1, 0.15) is 11.6 Å². The molecule has 1 atom stereocenters. The van der Waals surface area contributed by atoms with Crippen LogP contribution in [0.4, 0.5) is 5.82 Å². The van der Waals surface area contributed by atoms with Gasteiger partial charge in [0.1, 0.15) is 11.6 Å². The Balaban J connectivity index is 1.66. The van der Waals surface area contributed by atoms with Gasteiger partial charge in [-0.15, -0.1) is 0 Å². The topological polar surface area (TPSA) is 63.2 Å². The molecule has 30 heavy (non-hydrogen) atoms. The van der Waals surface area contributed by atoms with Crippen LogP contribution in [0.25, 0.3) is 22.3 Å². The highest BCUT2D eigenvalue weighted by atomic mass is 16.5. The molecular weight excluding hydrogens is 374 g/mol. The van der Waals surface area contributed by atoms with Crippen LogP contribution < -0.4 is 10.1 Å². The third kappa shape index (κ3) is 4.23. The zero-order valence-electron chi connectivity index (χ0n) is 17.4. The van der Waals surface area contributed by atoms with Crippen LogP contribution in [0.2, 0.25) is 0 Å². The number of hydrogen-bond acceptors (Lipinski definition) is 6. The summed E-state index contributed by atoms with van der Waals surface area (Å²) in [5.41, 5.74) is 3.00. The first kappa shape index (κ1) is 19.8. The standard InChI is InChI=1S/C24H25N5O/c1-29(2)22(17-10-12-19(30-3)13-11-17)16-26-24-20-8-4-5-9-21(20)27-23(28-24)18-7-6-14-25-15-18/h4-15,22H,16H2,1-3H3,(H,26,27,28)/t22-/m1/s1. The lowest BCUT2D eigenvalue weighted by atomic mass is 10.1. The lowest BCUT2D eigenvalue weighted by molar-refractivity contribution is 0.311. The average molecular weight is 399 g/mol. The number of aromatic nitrogens is 3. The summed E-state index contributed by atoms with van der Waals surface area (Å²) in [5.74, 6) is 2.34. The molecule has 0 spiro atoms. The molecule has 0 saturated carbocycles. The number of para-hydroxylation sites is 1. The summed E-state index contributed by atoms with van der Waals surface area (Å²) in [5, 5.41) is 4.56. The van der Waals surface area contributed by atoms with Gasteiger partial charge in [0.15, 0.2) is 5.82 Å². The summed E-state index contributed by atoms with van der Waals surface area (Å²) in [4.78, 5) is 16.0. The van der Waals surface area contributed by atoms with Gasteiger partial charge in [-0.25, -0.2) is 9.97 Å². The van der Waals surface area contributed by atoms with Crippen molar-refractivity contribution in [3.8, 4) is 17.1 Å². The van der Waals surface area contributed by atoms with E-state index in [9.17, 15) is 0 Å². The van der Waals surface area contributed by atoms with Gasteiger partial charge in [-0.2, -0.15) is 0 Å². The van der Waals surface area contributed by atoms with Crippen LogP contribution in [0.3, 0.4) is 0 Å². The Bertz CT molecular complexity index is 1110. The van der Waals surface area contributed by atoms with E-state index in [0.717, 1.165) is 28.0 Å². The molecule has 0 aliphatic heterocycles. The van der Waals surface area contributed by atoms with Crippen molar-refractivity contribution in [2.45, 2.75) is 6.04 Å². The van der Waals surface area contributed by atoms with Crippen molar-refractivity contribution in [1.82, 2.24) is 19.9 Å². The number of fused-ring (bicyclic) bond motifs is 1. The van der Waals surface area contributed by atoms with Crippen molar-refractivity contribution in [3.63, 3.8) is 0 Å². The first-order valence-corrected chi connectivity index (χ1v) is 9.87. The monoisotopic (exact) mass is 399 g/mol. The Kier molecular flexibility index (Phi) is 5.86. The molecule has 4 aromatic rings. The van der Waals surface area contributed by atoms with Gasteiger partial charge in [-0.1, -0.05) is 24.3 Å². The van der Waals surface area contributed by atoms with E-state index in [1.54, 1.807) is 19.5 Å². The number of nitrogens with zero attached hydrogens (tertiary/aromatic N) is 4. The maximum absolute atomic E-state index is 5.29. The predicted molar refractivity (Wildman–Crippen MR) is 121 cm³/mol. The number of benzene rings is 2. The fraction of sp³-hybridized carbons (Fsp3) is 0.208. The van der Waals surface area contributed by atoms with Gasteiger partial charge >= 0.3 is 0 Å². The summed E-state index contributed by atoms with van der Waals surface area (Å²) in [6.45, 7) is 0.701. The van der Waals surface area contributed by atoms with Gasteiger partial charge in [-0.3, -0.25) is 4.98 Å². The van der Waals surface area contributed by atoms with E-state index in [4.69, 9.17) is 14.7 Å². The second kappa shape index (κ2) is 8.88. The van der Waals surface area contributed by atoms with E-state index in [1.165, 1.54) is 5.56 Å². The molecule has 2 aromatic carbocycles. The Morgan fingerprint density at radius 2 is 1.77 bits per heavy atom. The molecule has 0 fully saturated rings. The minimum absolute atomic E-state index is 0.173. The SMILES string of the molecule is COc1ccc([C@@H](CNc2nc(-c3cccnc3)nc3ccccc23)N(C)C)cc1. The largest absolute Gasteiger partial charge is 0.497 e. The quantitative estimate of drug-likeness (QED) is 0.496. The van der Waals surface area contributed by atoms with Gasteiger partial charge in [0.25, 0.3) is 0 Å². The molecule has 0 amide bonds. The lowest BCUT2D eigenvalue weighted by Gasteiger charge is -2.26. The van der Waals surface area contributed by atoms with Crippen molar-refractivity contribution in [1.29, 1.82) is 0 Å². The number of likely N-dealkylation sites (N-methyl/N-ethyl adjacent to an activating group) is 1. The zero-order chi connectivity index (χ0) is 20.9. The predicted octanol–water partition coefficient (Wildman–Crippen LogP) is 4.42. The number of ether oxygens (including phenoxy) is 1. The molecule has 1 N–H and O–H groups in total. The molecule has 0 bridgehead atoms.